The molecule has 8 heavy (non-hydrogen) atoms. The van der Waals surface area contributed by atoms with E-state index in [1.807, 2.05) is 0 Å². The molecule has 0 aromatic carbocycles. The lowest BCUT2D eigenvalue weighted by Gasteiger charge is -1.97. The van der Waals surface area contributed by atoms with E-state index in [1.54, 1.807) is 6.42 Å². The summed E-state index contributed by atoms with van der Waals surface area (Å²) in [7, 11) is 0. The molecule has 2 bridgehead atoms. The summed E-state index contributed by atoms with van der Waals surface area (Å²) in [5.41, 5.74) is 0. The highest BCUT2D eigenvalue weighted by Crippen LogP contribution is 2.62. The summed E-state index contributed by atoms with van der Waals surface area (Å²) in [6, 6.07) is 0. The predicted octanol–water partition coefficient (Wildman–Crippen LogP) is 1.83. The van der Waals surface area contributed by atoms with Gasteiger partial charge in [-0.15, -0.1) is 0 Å². The molecule has 3 aliphatic rings. The molecule has 3 aliphatic carbocycles. The Morgan fingerprint density at radius 1 is 0.875 bits per heavy atom. The van der Waals surface area contributed by atoms with E-state index in [0.717, 1.165) is 23.7 Å². The quantitative estimate of drug-likeness (QED) is 0.413. The van der Waals surface area contributed by atoms with Crippen LogP contribution >= 0.6 is 0 Å². The van der Waals surface area contributed by atoms with E-state index in [9.17, 15) is 0 Å². The third-order valence-electron chi connectivity index (χ3n) is 3.14. The van der Waals surface area contributed by atoms with Crippen LogP contribution in [0.4, 0.5) is 0 Å². The van der Waals surface area contributed by atoms with Crippen molar-refractivity contribution in [1.82, 2.24) is 0 Å². The van der Waals surface area contributed by atoms with Crippen molar-refractivity contribution < 1.29 is 0 Å². The summed E-state index contributed by atoms with van der Waals surface area (Å²) in [5.74, 6) is 4.38. The van der Waals surface area contributed by atoms with Crippen LogP contribution in [0, 0.1) is 23.7 Å². The van der Waals surface area contributed by atoms with Gasteiger partial charge in [0.1, 0.15) is 0 Å². The minimum absolute atomic E-state index is 1.03. The van der Waals surface area contributed by atoms with Gasteiger partial charge in [0.05, 0.1) is 0 Å². The molecule has 2 saturated carbocycles. The second-order valence-electron chi connectivity index (χ2n) is 3.51. The van der Waals surface area contributed by atoms with E-state index in [1.165, 1.54) is 6.42 Å². The van der Waals surface area contributed by atoms with Gasteiger partial charge < -0.3 is 0 Å². The Morgan fingerprint density at radius 3 is 1.88 bits per heavy atom. The zero-order valence-electron chi connectivity index (χ0n) is 4.88. The first-order valence-corrected chi connectivity index (χ1v) is 3.63. The van der Waals surface area contributed by atoms with Gasteiger partial charge >= 0.3 is 0 Å². The molecule has 0 radical (unpaired) electrons. The first-order chi connectivity index (χ1) is 3.95. The van der Waals surface area contributed by atoms with Crippen LogP contribution < -0.4 is 0 Å². The lowest BCUT2D eigenvalue weighted by molar-refractivity contribution is 0.574. The normalized spacial score (nSPS) is 64.0. The molecule has 0 unspecified atom stereocenters. The van der Waals surface area contributed by atoms with Crippen LogP contribution in [0.25, 0.3) is 0 Å². The van der Waals surface area contributed by atoms with Gasteiger partial charge in [-0.05, 0) is 36.5 Å². The summed E-state index contributed by atoms with van der Waals surface area (Å²) in [4.78, 5) is 0. The van der Waals surface area contributed by atoms with Crippen molar-refractivity contribution in [2.45, 2.75) is 12.8 Å². The van der Waals surface area contributed by atoms with Crippen LogP contribution in [0.5, 0.6) is 0 Å². The van der Waals surface area contributed by atoms with Crippen molar-refractivity contribution in [3.05, 3.63) is 12.2 Å². The topological polar surface area (TPSA) is 0 Å². The first-order valence-electron chi connectivity index (χ1n) is 3.63. The summed E-state index contributed by atoms with van der Waals surface area (Å²) in [6.07, 6.45) is 7.95. The maximum absolute atomic E-state index is 2.44. The zero-order chi connectivity index (χ0) is 5.14. The smallest absolute Gasteiger partial charge is 0.0196 e. The van der Waals surface area contributed by atoms with E-state index < -0.39 is 0 Å². The molecule has 0 N–H and O–H groups in total. The third kappa shape index (κ3) is 0.249. The lowest BCUT2D eigenvalue weighted by atomic mass is 10.1. The van der Waals surface area contributed by atoms with Crippen molar-refractivity contribution in [2.75, 3.05) is 0 Å². The standard InChI is InChI=1S/C8H10/c1-2-6-3-5(1)7-4-8(6)7/h1-2,5-8H,3-4H2/t5-,6-,7+,8+/m0/s1. The maximum atomic E-state index is 2.44. The molecule has 42 valence electrons. The van der Waals surface area contributed by atoms with Gasteiger partial charge in [-0.2, -0.15) is 0 Å². The van der Waals surface area contributed by atoms with Crippen LogP contribution in [0.15, 0.2) is 12.2 Å². The lowest BCUT2D eigenvalue weighted by Crippen LogP contribution is -1.88. The molecule has 0 amide bonds. The van der Waals surface area contributed by atoms with Crippen LogP contribution in [-0.2, 0) is 0 Å². The van der Waals surface area contributed by atoms with E-state index >= 15 is 0 Å². The summed E-state index contributed by atoms with van der Waals surface area (Å²) in [5, 5.41) is 0. The van der Waals surface area contributed by atoms with Gasteiger partial charge in [0.2, 0.25) is 0 Å². The van der Waals surface area contributed by atoms with Gasteiger partial charge in [-0.25, -0.2) is 0 Å². The molecular formula is C8H10. The van der Waals surface area contributed by atoms with Crippen LogP contribution in [0.2, 0.25) is 0 Å². The second kappa shape index (κ2) is 0.896. The molecule has 0 aromatic heterocycles. The molecule has 0 saturated heterocycles. The number of hydrogen-bond donors (Lipinski definition) is 0. The number of hydrogen-bond acceptors (Lipinski definition) is 0. The Hall–Kier alpha value is -0.260. The molecular weight excluding hydrogens is 96.1 g/mol. The van der Waals surface area contributed by atoms with E-state index in [4.69, 9.17) is 0 Å². The summed E-state index contributed by atoms with van der Waals surface area (Å²) < 4.78 is 0. The largest absolute Gasteiger partial charge is 0.0848 e. The average Bonchev–Trinajstić information content (AvgIpc) is 2.39. The molecule has 2 fully saturated rings. The minimum atomic E-state index is 1.03. The van der Waals surface area contributed by atoms with E-state index in [2.05, 4.69) is 12.2 Å². The SMILES string of the molecule is C1=C[C@H]2C[C@H]1[C@H]1C[C@@H]12. The van der Waals surface area contributed by atoms with Gasteiger partial charge in [0.25, 0.3) is 0 Å². The number of fused-ring (bicyclic) bond motifs is 5. The van der Waals surface area contributed by atoms with Crippen LogP contribution in [-0.4, -0.2) is 0 Å². The van der Waals surface area contributed by atoms with Crippen LogP contribution in [0.1, 0.15) is 12.8 Å². The fourth-order valence-electron chi connectivity index (χ4n) is 2.61. The predicted molar refractivity (Wildman–Crippen MR) is 32.3 cm³/mol. The van der Waals surface area contributed by atoms with E-state index in [-0.39, 0.29) is 0 Å². The van der Waals surface area contributed by atoms with E-state index in [0.29, 0.717) is 0 Å². The molecule has 0 heteroatoms. The van der Waals surface area contributed by atoms with Crippen molar-refractivity contribution in [3.63, 3.8) is 0 Å². The fraction of sp³-hybridized carbons (Fsp3) is 0.750. The third-order valence-corrected chi connectivity index (χ3v) is 3.14. The molecule has 3 rings (SSSR count). The molecule has 4 atom stereocenters. The molecule has 0 heterocycles. The highest BCUT2D eigenvalue weighted by atomic mass is 14.6. The molecule has 0 nitrogen and oxygen atoms in total. The fourth-order valence-corrected chi connectivity index (χ4v) is 2.61. The second-order valence-corrected chi connectivity index (χ2v) is 3.51. The summed E-state index contributed by atoms with van der Waals surface area (Å²) in [6.45, 7) is 0. The summed E-state index contributed by atoms with van der Waals surface area (Å²) >= 11 is 0. The highest BCUT2D eigenvalue weighted by molar-refractivity contribution is 5.20. The van der Waals surface area contributed by atoms with Gasteiger partial charge in [-0.1, -0.05) is 12.2 Å². The zero-order valence-corrected chi connectivity index (χ0v) is 4.88. The Labute approximate surface area is 49.6 Å². The van der Waals surface area contributed by atoms with Crippen molar-refractivity contribution in [2.24, 2.45) is 23.7 Å². The highest BCUT2D eigenvalue weighted by Gasteiger charge is 2.54. The Balaban J connectivity index is 2.12. The molecule has 0 aliphatic heterocycles. The number of allylic oxidation sites excluding steroid dienone is 2. The van der Waals surface area contributed by atoms with Gasteiger partial charge in [0.15, 0.2) is 0 Å². The van der Waals surface area contributed by atoms with Crippen LogP contribution in [0.3, 0.4) is 0 Å². The Morgan fingerprint density at radius 2 is 1.50 bits per heavy atom. The molecule has 0 aromatic rings. The van der Waals surface area contributed by atoms with Gasteiger partial charge in [-0.3, -0.25) is 0 Å². The maximum Gasteiger partial charge on any atom is -0.0196 e. The Kier molecular flexibility index (Phi) is 0.415. The minimum Gasteiger partial charge on any atom is -0.0848 e. The first kappa shape index (κ1) is 3.71. The van der Waals surface area contributed by atoms with Crippen molar-refractivity contribution >= 4 is 0 Å². The molecule has 0 spiro atoms. The monoisotopic (exact) mass is 106 g/mol. The average molecular weight is 106 g/mol. The number of rotatable bonds is 0. The van der Waals surface area contributed by atoms with Crippen molar-refractivity contribution in [3.8, 4) is 0 Å². The van der Waals surface area contributed by atoms with Crippen molar-refractivity contribution in [1.29, 1.82) is 0 Å². The van der Waals surface area contributed by atoms with Gasteiger partial charge in [0, 0.05) is 0 Å². The Bertz CT molecular complexity index is 141.